The van der Waals surface area contributed by atoms with Gasteiger partial charge in [0, 0.05) is 25.4 Å². The number of carbonyl (C=O) groups is 1. The van der Waals surface area contributed by atoms with Crippen molar-refractivity contribution in [3.8, 4) is 0 Å². The minimum Gasteiger partial charge on any atom is -0.373 e. The number of aromatic nitrogens is 1. The molecule has 0 saturated heterocycles. The molecule has 4 heteroatoms. The van der Waals surface area contributed by atoms with Crippen molar-refractivity contribution in [3.63, 3.8) is 0 Å². The summed E-state index contributed by atoms with van der Waals surface area (Å²) in [5.41, 5.74) is 5.09. The summed E-state index contributed by atoms with van der Waals surface area (Å²) in [5, 5.41) is 0. The van der Waals surface area contributed by atoms with E-state index >= 15 is 0 Å². The van der Waals surface area contributed by atoms with Crippen molar-refractivity contribution >= 4 is 11.5 Å². The Hall–Kier alpha value is -2.36. The molecule has 2 rings (SSSR count). The second kappa shape index (κ2) is 6.41. The second-order valence-electron chi connectivity index (χ2n) is 6.23. The van der Waals surface area contributed by atoms with E-state index in [1.54, 1.807) is 19.0 Å². The number of hydrogen-bond acceptors (Lipinski definition) is 3. The maximum absolute atomic E-state index is 13.2. The van der Waals surface area contributed by atoms with Crippen LogP contribution < -0.4 is 10.5 Å². The van der Waals surface area contributed by atoms with Crippen molar-refractivity contribution < 1.29 is 4.79 Å². The number of nitrogens with one attached hydrogen (secondary N) is 1. The van der Waals surface area contributed by atoms with Crippen molar-refractivity contribution in [3.05, 3.63) is 62.1 Å². The van der Waals surface area contributed by atoms with Crippen LogP contribution in [-0.2, 0) is 6.42 Å². The van der Waals surface area contributed by atoms with Crippen LogP contribution >= 0.6 is 0 Å². The maximum Gasteiger partial charge on any atom is 0.272 e. The Morgan fingerprint density at radius 3 is 2.13 bits per heavy atom. The highest BCUT2D eigenvalue weighted by Gasteiger charge is 2.23. The summed E-state index contributed by atoms with van der Waals surface area (Å²) < 4.78 is 0. The van der Waals surface area contributed by atoms with Crippen LogP contribution in [0, 0.1) is 20.8 Å². The Balaban J connectivity index is 2.79. The Kier molecular flexibility index (Phi) is 4.73. The van der Waals surface area contributed by atoms with Gasteiger partial charge in [-0.15, -0.1) is 0 Å². The SMILES string of the molecule is CCc1c(C)[nH]c(=O)c(N(C)C)c1C(=O)c1cc(C)cc(C)c1. The highest BCUT2D eigenvalue weighted by Crippen LogP contribution is 2.25. The van der Waals surface area contributed by atoms with Gasteiger partial charge in [0.15, 0.2) is 5.78 Å². The van der Waals surface area contributed by atoms with Gasteiger partial charge in [0.2, 0.25) is 0 Å². The molecule has 0 radical (unpaired) electrons. The van der Waals surface area contributed by atoms with Crippen LogP contribution in [0.25, 0.3) is 0 Å². The fourth-order valence-electron chi connectivity index (χ4n) is 3.11. The molecule has 122 valence electrons. The van der Waals surface area contributed by atoms with E-state index in [1.165, 1.54) is 0 Å². The normalized spacial score (nSPS) is 10.7. The first kappa shape index (κ1) is 17.0. The Bertz CT molecular complexity index is 797. The molecule has 0 amide bonds. The molecule has 1 N–H and O–H groups in total. The predicted molar refractivity (Wildman–Crippen MR) is 94.9 cm³/mol. The van der Waals surface area contributed by atoms with Crippen LogP contribution in [0.4, 0.5) is 5.69 Å². The molecule has 0 spiro atoms. The van der Waals surface area contributed by atoms with Gasteiger partial charge in [-0.2, -0.15) is 0 Å². The van der Waals surface area contributed by atoms with E-state index in [0.29, 0.717) is 23.2 Å². The molecule has 23 heavy (non-hydrogen) atoms. The lowest BCUT2D eigenvalue weighted by molar-refractivity contribution is 0.103. The van der Waals surface area contributed by atoms with Gasteiger partial charge < -0.3 is 9.88 Å². The van der Waals surface area contributed by atoms with Gasteiger partial charge in [0.1, 0.15) is 5.69 Å². The minimum absolute atomic E-state index is 0.0912. The van der Waals surface area contributed by atoms with Crippen LogP contribution in [0.2, 0.25) is 0 Å². The van der Waals surface area contributed by atoms with E-state index in [1.807, 2.05) is 45.9 Å². The van der Waals surface area contributed by atoms with Gasteiger partial charge >= 0.3 is 0 Å². The average Bonchev–Trinajstić information content (AvgIpc) is 2.44. The van der Waals surface area contributed by atoms with Crippen molar-refractivity contribution in [2.75, 3.05) is 19.0 Å². The monoisotopic (exact) mass is 312 g/mol. The number of carbonyl (C=O) groups excluding carboxylic acids is 1. The Morgan fingerprint density at radius 1 is 1.09 bits per heavy atom. The molecule has 2 aromatic rings. The van der Waals surface area contributed by atoms with Crippen molar-refractivity contribution in [1.82, 2.24) is 4.98 Å². The molecule has 0 aliphatic carbocycles. The van der Waals surface area contributed by atoms with Gasteiger partial charge in [-0.25, -0.2) is 0 Å². The number of aromatic amines is 1. The van der Waals surface area contributed by atoms with Gasteiger partial charge in [0.25, 0.3) is 5.56 Å². The Labute approximate surface area is 137 Å². The smallest absolute Gasteiger partial charge is 0.272 e. The lowest BCUT2D eigenvalue weighted by Gasteiger charge is -2.20. The number of benzene rings is 1. The maximum atomic E-state index is 13.2. The number of ketones is 1. The van der Waals surface area contributed by atoms with Crippen LogP contribution in [0.3, 0.4) is 0 Å². The summed E-state index contributed by atoms with van der Waals surface area (Å²) in [6.07, 6.45) is 0.690. The second-order valence-corrected chi connectivity index (χ2v) is 6.23. The van der Waals surface area contributed by atoms with Gasteiger partial charge in [-0.3, -0.25) is 9.59 Å². The number of nitrogens with zero attached hydrogens (tertiary/aromatic N) is 1. The number of hydrogen-bond donors (Lipinski definition) is 1. The highest BCUT2D eigenvalue weighted by molar-refractivity contribution is 6.13. The van der Waals surface area contributed by atoms with Crippen LogP contribution in [0.1, 0.15) is 45.2 Å². The zero-order valence-corrected chi connectivity index (χ0v) is 14.7. The topological polar surface area (TPSA) is 53.2 Å². The molecule has 4 nitrogen and oxygen atoms in total. The largest absolute Gasteiger partial charge is 0.373 e. The van der Waals surface area contributed by atoms with Crippen LogP contribution in [0.5, 0.6) is 0 Å². The molecule has 0 fully saturated rings. The molecule has 0 bridgehead atoms. The first-order valence-corrected chi connectivity index (χ1v) is 7.82. The van der Waals surface area contributed by atoms with E-state index < -0.39 is 0 Å². The molecular weight excluding hydrogens is 288 g/mol. The Morgan fingerprint density at radius 2 is 1.65 bits per heavy atom. The predicted octanol–water partition coefficient (Wildman–Crippen LogP) is 3.16. The number of pyridine rings is 1. The molecule has 0 atom stereocenters. The lowest BCUT2D eigenvalue weighted by atomic mass is 9.93. The van der Waals surface area contributed by atoms with E-state index in [0.717, 1.165) is 22.4 Å². The van der Waals surface area contributed by atoms with Crippen LogP contribution in [-0.4, -0.2) is 24.9 Å². The van der Waals surface area contributed by atoms with E-state index in [-0.39, 0.29) is 11.3 Å². The molecule has 0 unspecified atom stereocenters. The number of H-pyrrole nitrogens is 1. The van der Waals surface area contributed by atoms with E-state index in [4.69, 9.17) is 0 Å². The van der Waals surface area contributed by atoms with Gasteiger partial charge in [-0.1, -0.05) is 24.1 Å². The first-order chi connectivity index (χ1) is 10.8. The average molecular weight is 312 g/mol. The van der Waals surface area contributed by atoms with Crippen molar-refractivity contribution in [2.24, 2.45) is 0 Å². The molecule has 1 heterocycles. The standard InChI is InChI=1S/C19H24N2O2/c1-7-15-13(4)20-19(23)17(21(5)6)16(15)18(22)14-9-11(2)8-12(3)10-14/h8-10H,7H2,1-6H3,(H,20,23). The zero-order chi connectivity index (χ0) is 17.3. The van der Waals surface area contributed by atoms with Crippen molar-refractivity contribution in [2.45, 2.75) is 34.1 Å². The quantitative estimate of drug-likeness (QED) is 0.882. The summed E-state index contributed by atoms with van der Waals surface area (Å²) in [6, 6.07) is 5.79. The number of rotatable bonds is 4. The number of aryl methyl sites for hydroxylation is 3. The minimum atomic E-state index is -0.225. The number of anilines is 1. The third kappa shape index (κ3) is 3.21. The summed E-state index contributed by atoms with van der Waals surface area (Å²) >= 11 is 0. The summed E-state index contributed by atoms with van der Waals surface area (Å²) in [5.74, 6) is -0.0912. The van der Waals surface area contributed by atoms with Crippen molar-refractivity contribution in [1.29, 1.82) is 0 Å². The van der Waals surface area contributed by atoms with E-state index in [2.05, 4.69) is 4.98 Å². The fourth-order valence-corrected chi connectivity index (χ4v) is 3.11. The summed E-state index contributed by atoms with van der Waals surface area (Å²) in [7, 11) is 3.58. The molecule has 0 saturated carbocycles. The molecule has 1 aromatic carbocycles. The first-order valence-electron chi connectivity index (χ1n) is 7.82. The molecule has 0 aliphatic rings. The molecular formula is C19H24N2O2. The highest BCUT2D eigenvalue weighted by atomic mass is 16.1. The van der Waals surface area contributed by atoms with Crippen LogP contribution in [0.15, 0.2) is 23.0 Å². The lowest BCUT2D eigenvalue weighted by Crippen LogP contribution is -2.27. The molecule has 0 aliphatic heterocycles. The summed E-state index contributed by atoms with van der Waals surface area (Å²) in [6.45, 7) is 7.79. The zero-order valence-electron chi connectivity index (χ0n) is 14.7. The fraction of sp³-hybridized carbons (Fsp3) is 0.368. The van der Waals surface area contributed by atoms with E-state index in [9.17, 15) is 9.59 Å². The van der Waals surface area contributed by atoms with Gasteiger partial charge in [0.05, 0.1) is 5.56 Å². The van der Waals surface area contributed by atoms with Gasteiger partial charge in [-0.05, 0) is 44.9 Å². The third-order valence-electron chi connectivity index (χ3n) is 4.02. The third-order valence-corrected chi connectivity index (χ3v) is 4.02. The summed E-state index contributed by atoms with van der Waals surface area (Å²) in [4.78, 5) is 30.1. The molecule has 1 aromatic heterocycles.